The summed E-state index contributed by atoms with van der Waals surface area (Å²) >= 11 is 0. The lowest BCUT2D eigenvalue weighted by atomic mass is 9.95. The van der Waals surface area contributed by atoms with Gasteiger partial charge in [-0.15, -0.1) is 0 Å². The smallest absolute Gasteiger partial charge is 0.164 e. The Morgan fingerprint density at radius 3 is 1.88 bits per heavy atom. The highest BCUT2D eigenvalue weighted by molar-refractivity contribution is 6.26. The number of para-hydroxylation sites is 2. The molecule has 0 aliphatic heterocycles. The van der Waals surface area contributed by atoms with Gasteiger partial charge in [0.25, 0.3) is 0 Å². The Labute approximate surface area is 273 Å². The summed E-state index contributed by atoms with van der Waals surface area (Å²) in [6.07, 6.45) is 0. The number of aromatic nitrogens is 3. The maximum atomic E-state index is 6.75. The summed E-state index contributed by atoms with van der Waals surface area (Å²) < 4.78 is 12.9. The first-order valence-corrected chi connectivity index (χ1v) is 16.0. The Balaban J connectivity index is 1.24. The predicted octanol–water partition coefficient (Wildman–Crippen LogP) is 11.5. The zero-order chi connectivity index (χ0) is 31.3. The Morgan fingerprint density at radius 2 is 1.04 bits per heavy atom. The number of hydrogen-bond acceptors (Lipinski definition) is 5. The summed E-state index contributed by atoms with van der Waals surface area (Å²) in [4.78, 5) is 15.5. The van der Waals surface area contributed by atoms with Crippen LogP contribution in [0.5, 0.6) is 0 Å². The van der Waals surface area contributed by atoms with E-state index in [1.165, 1.54) is 21.9 Å². The van der Waals surface area contributed by atoms with Crippen molar-refractivity contribution < 1.29 is 8.83 Å². The number of fused-ring (bicyclic) bond motifs is 10. The van der Waals surface area contributed by atoms with E-state index in [9.17, 15) is 0 Å². The SMILES string of the molecule is c1ccc(-c2nc(-c3ccc4oc5ccccc5c4c3)nc(-c3cc4c(c5oc6ccccc6c35)-c3cccc5cccc-4c35)n2)cc1. The minimum absolute atomic E-state index is 0.595. The fourth-order valence-electron chi connectivity index (χ4n) is 7.54. The number of benzene rings is 7. The van der Waals surface area contributed by atoms with Crippen molar-refractivity contribution in [2.75, 3.05) is 0 Å². The van der Waals surface area contributed by atoms with Crippen LogP contribution in [0.4, 0.5) is 0 Å². The fraction of sp³-hybridized carbons (Fsp3) is 0. The van der Waals surface area contributed by atoms with E-state index in [-0.39, 0.29) is 0 Å². The molecule has 0 atom stereocenters. The van der Waals surface area contributed by atoms with Gasteiger partial charge in [-0.05, 0) is 63.9 Å². The molecule has 1 aliphatic rings. The fourth-order valence-corrected chi connectivity index (χ4v) is 7.54. The van der Waals surface area contributed by atoms with Crippen LogP contribution in [0.3, 0.4) is 0 Å². The molecule has 11 rings (SSSR count). The van der Waals surface area contributed by atoms with Crippen LogP contribution in [0.15, 0.2) is 148 Å². The van der Waals surface area contributed by atoms with E-state index in [2.05, 4.69) is 66.7 Å². The molecule has 5 heteroatoms. The lowest BCUT2D eigenvalue weighted by molar-refractivity contribution is 0.669. The summed E-state index contributed by atoms with van der Waals surface area (Å²) in [6.45, 7) is 0. The molecule has 0 radical (unpaired) electrons. The molecule has 0 spiro atoms. The molecule has 0 fully saturated rings. The average molecular weight is 614 g/mol. The van der Waals surface area contributed by atoms with Crippen LogP contribution >= 0.6 is 0 Å². The van der Waals surface area contributed by atoms with Gasteiger partial charge in [0.1, 0.15) is 22.3 Å². The van der Waals surface area contributed by atoms with Crippen molar-refractivity contribution >= 4 is 54.6 Å². The number of furan rings is 2. The third-order valence-corrected chi connectivity index (χ3v) is 9.66. The van der Waals surface area contributed by atoms with Crippen molar-refractivity contribution in [1.82, 2.24) is 15.0 Å². The van der Waals surface area contributed by atoms with Crippen LogP contribution in [0, 0.1) is 0 Å². The lowest BCUT2D eigenvalue weighted by Gasteiger charge is -2.12. The van der Waals surface area contributed by atoms with Gasteiger partial charge in [0.05, 0.1) is 0 Å². The summed E-state index contributed by atoms with van der Waals surface area (Å²) in [6, 6.07) is 47.9. The molecular weight excluding hydrogens is 590 g/mol. The quantitative estimate of drug-likeness (QED) is 0.198. The second-order valence-electron chi connectivity index (χ2n) is 12.3. The van der Waals surface area contributed by atoms with Crippen molar-refractivity contribution in [3.8, 4) is 56.4 Å². The molecule has 0 N–H and O–H groups in total. The first-order chi connectivity index (χ1) is 23.8. The molecule has 1 aliphatic carbocycles. The first kappa shape index (κ1) is 25.6. The van der Waals surface area contributed by atoms with E-state index in [1.807, 2.05) is 72.8 Å². The van der Waals surface area contributed by atoms with Crippen LogP contribution in [0.2, 0.25) is 0 Å². The predicted molar refractivity (Wildman–Crippen MR) is 193 cm³/mol. The average Bonchev–Trinajstić information content (AvgIpc) is 3.82. The lowest BCUT2D eigenvalue weighted by Crippen LogP contribution is -2.00. The molecule has 3 heterocycles. The standard InChI is InChI=1S/C43H23N3O2/c1-2-10-25(11-3-1)41-44-42(26-20-21-36-31(22-26)27-14-4-6-18-34(27)47-36)46-43(45-41)33-23-32-28-16-8-12-24-13-9-17-30(37(24)28)39(32)40-38(33)29-15-5-7-19-35(29)48-40/h1-23H. The van der Waals surface area contributed by atoms with E-state index >= 15 is 0 Å². The Bertz CT molecular complexity index is 2950. The molecular formula is C43H23N3O2. The maximum absolute atomic E-state index is 6.75. The highest BCUT2D eigenvalue weighted by atomic mass is 16.3. The highest BCUT2D eigenvalue weighted by Crippen LogP contribution is 2.53. The van der Waals surface area contributed by atoms with Crippen molar-refractivity contribution in [2.45, 2.75) is 0 Å². The molecule has 0 bridgehead atoms. The van der Waals surface area contributed by atoms with E-state index in [4.69, 9.17) is 23.8 Å². The first-order valence-electron chi connectivity index (χ1n) is 16.0. The van der Waals surface area contributed by atoms with Gasteiger partial charge in [0, 0.05) is 43.8 Å². The highest BCUT2D eigenvalue weighted by Gasteiger charge is 2.29. The summed E-state index contributed by atoms with van der Waals surface area (Å²) in [5, 5.41) is 6.58. The third-order valence-electron chi connectivity index (χ3n) is 9.66. The normalized spacial score (nSPS) is 12.2. The second kappa shape index (κ2) is 9.47. The van der Waals surface area contributed by atoms with Crippen molar-refractivity contribution in [3.05, 3.63) is 140 Å². The topological polar surface area (TPSA) is 65.0 Å². The minimum Gasteiger partial charge on any atom is -0.456 e. The van der Waals surface area contributed by atoms with Gasteiger partial charge >= 0.3 is 0 Å². The van der Waals surface area contributed by atoms with Crippen molar-refractivity contribution in [1.29, 1.82) is 0 Å². The van der Waals surface area contributed by atoms with E-state index in [0.29, 0.717) is 17.5 Å². The third kappa shape index (κ3) is 3.53. The molecule has 5 nitrogen and oxygen atoms in total. The zero-order valence-corrected chi connectivity index (χ0v) is 25.4. The largest absolute Gasteiger partial charge is 0.456 e. The monoisotopic (exact) mass is 613 g/mol. The number of hydrogen-bond donors (Lipinski definition) is 0. The number of rotatable bonds is 3. The van der Waals surface area contributed by atoms with Gasteiger partial charge in [-0.1, -0.05) is 103 Å². The number of nitrogens with zero attached hydrogens (tertiary/aromatic N) is 3. The second-order valence-corrected chi connectivity index (χ2v) is 12.3. The van der Waals surface area contributed by atoms with Crippen LogP contribution in [-0.2, 0) is 0 Å². The zero-order valence-electron chi connectivity index (χ0n) is 25.4. The van der Waals surface area contributed by atoms with Gasteiger partial charge in [-0.2, -0.15) is 0 Å². The summed E-state index contributed by atoms with van der Waals surface area (Å²) in [7, 11) is 0. The van der Waals surface area contributed by atoms with Gasteiger partial charge < -0.3 is 8.83 Å². The summed E-state index contributed by atoms with van der Waals surface area (Å²) in [5.41, 5.74) is 10.7. The Morgan fingerprint density at radius 1 is 0.375 bits per heavy atom. The molecule has 7 aromatic carbocycles. The van der Waals surface area contributed by atoms with Crippen LogP contribution in [-0.4, -0.2) is 15.0 Å². The minimum atomic E-state index is 0.595. The molecule has 0 saturated heterocycles. The van der Waals surface area contributed by atoms with Crippen molar-refractivity contribution in [2.24, 2.45) is 0 Å². The van der Waals surface area contributed by atoms with E-state index < -0.39 is 0 Å². The van der Waals surface area contributed by atoms with Crippen LogP contribution in [0.1, 0.15) is 0 Å². The Hall–Kier alpha value is -6.59. The van der Waals surface area contributed by atoms with Crippen LogP contribution < -0.4 is 0 Å². The summed E-state index contributed by atoms with van der Waals surface area (Å²) in [5.74, 6) is 1.80. The Kier molecular flexibility index (Phi) is 5.05. The molecule has 48 heavy (non-hydrogen) atoms. The molecule has 0 saturated carbocycles. The maximum Gasteiger partial charge on any atom is 0.164 e. The molecule has 222 valence electrons. The van der Waals surface area contributed by atoms with Crippen molar-refractivity contribution in [3.63, 3.8) is 0 Å². The van der Waals surface area contributed by atoms with Gasteiger partial charge in [0.2, 0.25) is 0 Å². The molecule has 3 aromatic heterocycles. The van der Waals surface area contributed by atoms with Gasteiger partial charge in [-0.25, -0.2) is 15.0 Å². The van der Waals surface area contributed by atoms with E-state index in [1.54, 1.807) is 0 Å². The van der Waals surface area contributed by atoms with Gasteiger partial charge in [-0.3, -0.25) is 0 Å². The molecule has 10 aromatic rings. The molecule has 0 unspecified atom stereocenters. The van der Waals surface area contributed by atoms with Gasteiger partial charge in [0.15, 0.2) is 17.5 Å². The van der Waals surface area contributed by atoms with Crippen LogP contribution in [0.25, 0.3) is 111 Å². The molecule has 0 amide bonds. The van der Waals surface area contributed by atoms with E-state index in [0.717, 1.165) is 71.7 Å².